The highest BCUT2D eigenvalue weighted by atomic mass is 32.1. The lowest BCUT2D eigenvalue weighted by Gasteiger charge is -2.19. The molecule has 140 valence electrons. The maximum absolute atomic E-state index is 12.7. The summed E-state index contributed by atoms with van der Waals surface area (Å²) in [6, 6.07) is 24.4. The van der Waals surface area contributed by atoms with Crippen LogP contribution in [0.3, 0.4) is 0 Å². The molecule has 2 aromatic heterocycles. The minimum atomic E-state index is -0.0634. The normalized spacial score (nSPS) is 11.9. The van der Waals surface area contributed by atoms with Crippen LogP contribution < -0.4 is 5.32 Å². The van der Waals surface area contributed by atoms with Crippen molar-refractivity contribution in [3.8, 4) is 9.88 Å². The third-order valence-corrected chi connectivity index (χ3v) is 6.38. The van der Waals surface area contributed by atoms with E-state index in [4.69, 9.17) is 0 Å². The van der Waals surface area contributed by atoms with Gasteiger partial charge in [-0.3, -0.25) is 4.79 Å². The Kier molecular flexibility index (Phi) is 5.95. The molecule has 0 spiro atoms. The predicted molar refractivity (Wildman–Crippen MR) is 117 cm³/mol. The number of thiophene rings is 1. The van der Waals surface area contributed by atoms with Crippen LogP contribution in [0.25, 0.3) is 9.88 Å². The Morgan fingerprint density at radius 1 is 0.929 bits per heavy atom. The first kappa shape index (κ1) is 18.6. The molecule has 5 heteroatoms. The summed E-state index contributed by atoms with van der Waals surface area (Å²) >= 11 is 3.25. The summed E-state index contributed by atoms with van der Waals surface area (Å²) in [5.41, 5.74) is 3.12. The number of thiazole rings is 1. The zero-order valence-electron chi connectivity index (χ0n) is 15.2. The smallest absolute Gasteiger partial charge is 0.226 e. The molecule has 1 amide bonds. The van der Waals surface area contributed by atoms with Gasteiger partial charge in [-0.15, -0.1) is 22.7 Å². The summed E-state index contributed by atoms with van der Waals surface area (Å²) in [4.78, 5) is 18.5. The van der Waals surface area contributed by atoms with Gasteiger partial charge in [-0.25, -0.2) is 4.98 Å². The van der Waals surface area contributed by atoms with Crippen molar-refractivity contribution in [2.24, 2.45) is 0 Å². The zero-order chi connectivity index (χ0) is 19.2. The van der Waals surface area contributed by atoms with Crippen molar-refractivity contribution in [2.45, 2.75) is 18.9 Å². The molecule has 2 heterocycles. The van der Waals surface area contributed by atoms with Gasteiger partial charge in [0, 0.05) is 5.38 Å². The highest BCUT2D eigenvalue weighted by Crippen LogP contribution is 2.28. The predicted octanol–water partition coefficient (Wildman–Crippen LogP) is 5.51. The second kappa shape index (κ2) is 8.95. The average molecular weight is 405 g/mol. The van der Waals surface area contributed by atoms with E-state index in [1.807, 2.05) is 53.2 Å². The molecule has 1 N–H and O–H groups in total. The summed E-state index contributed by atoms with van der Waals surface area (Å²) in [6.07, 6.45) is 1.05. The molecule has 0 saturated carbocycles. The molecular formula is C23H20N2OS2. The number of carbonyl (C=O) groups is 1. The quantitative estimate of drug-likeness (QED) is 0.441. The minimum Gasteiger partial charge on any atom is -0.349 e. The highest BCUT2D eigenvalue weighted by molar-refractivity contribution is 7.20. The SMILES string of the molecule is O=C(Cc1csc(-c2cccs2)n1)NC(Cc1ccccc1)c1ccccc1. The molecule has 0 saturated heterocycles. The molecule has 2 aromatic carbocycles. The molecule has 0 radical (unpaired) electrons. The lowest BCUT2D eigenvalue weighted by Crippen LogP contribution is -2.31. The molecule has 0 aliphatic heterocycles. The van der Waals surface area contributed by atoms with Gasteiger partial charge in [0.2, 0.25) is 5.91 Å². The van der Waals surface area contributed by atoms with E-state index in [9.17, 15) is 4.79 Å². The first-order valence-electron chi connectivity index (χ1n) is 9.14. The zero-order valence-corrected chi connectivity index (χ0v) is 16.9. The van der Waals surface area contributed by atoms with Gasteiger partial charge in [-0.1, -0.05) is 66.7 Å². The van der Waals surface area contributed by atoms with Crippen LogP contribution in [0.5, 0.6) is 0 Å². The fraction of sp³-hybridized carbons (Fsp3) is 0.130. The molecule has 4 rings (SSSR count). The van der Waals surface area contributed by atoms with Gasteiger partial charge in [-0.2, -0.15) is 0 Å². The van der Waals surface area contributed by atoms with E-state index in [2.05, 4.69) is 40.6 Å². The highest BCUT2D eigenvalue weighted by Gasteiger charge is 2.17. The number of benzene rings is 2. The molecule has 1 unspecified atom stereocenters. The van der Waals surface area contributed by atoms with Crippen LogP contribution in [0.4, 0.5) is 0 Å². The van der Waals surface area contributed by atoms with Crippen molar-refractivity contribution in [1.82, 2.24) is 10.3 Å². The fourth-order valence-corrected chi connectivity index (χ4v) is 4.73. The molecule has 4 aromatic rings. The molecule has 1 atom stereocenters. The number of hydrogen-bond donors (Lipinski definition) is 1. The van der Waals surface area contributed by atoms with Crippen LogP contribution in [0, 0.1) is 0 Å². The van der Waals surface area contributed by atoms with Gasteiger partial charge in [0.1, 0.15) is 5.01 Å². The largest absolute Gasteiger partial charge is 0.349 e. The van der Waals surface area contributed by atoms with Gasteiger partial charge in [0.25, 0.3) is 0 Å². The van der Waals surface area contributed by atoms with Gasteiger partial charge >= 0.3 is 0 Å². The molecule has 0 aliphatic rings. The fourth-order valence-electron chi connectivity index (χ4n) is 3.10. The molecule has 28 heavy (non-hydrogen) atoms. The topological polar surface area (TPSA) is 42.0 Å². The molecule has 3 nitrogen and oxygen atoms in total. The minimum absolute atomic E-state index is 0.00665. The number of hydrogen-bond acceptors (Lipinski definition) is 4. The van der Waals surface area contributed by atoms with Crippen molar-refractivity contribution in [1.29, 1.82) is 0 Å². The molecular weight excluding hydrogens is 384 g/mol. The number of nitrogens with one attached hydrogen (secondary N) is 1. The summed E-state index contributed by atoms with van der Waals surface area (Å²) in [6.45, 7) is 0. The van der Waals surface area contributed by atoms with Crippen molar-refractivity contribution in [3.63, 3.8) is 0 Å². The van der Waals surface area contributed by atoms with Crippen molar-refractivity contribution >= 4 is 28.6 Å². The van der Waals surface area contributed by atoms with Crippen molar-refractivity contribution in [3.05, 3.63) is 100 Å². The summed E-state index contributed by atoms with van der Waals surface area (Å²) in [5.74, 6) is -0.00665. The van der Waals surface area contributed by atoms with Crippen LogP contribution in [0.1, 0.15) is 22.9 Å². The van der Waals surface area contributed by atoms with E-state index in [0.717, 1.165) is 27.6 Å². The lowest BCUT2D eigenvalue weighted by atomic mass is 9.98. The number of nitrogens with zero attached hydrogens (tertiary/aromatic N) is 1. The third-order valence-electron chi connectivity index (χ3n) is 4.45. The van der Waals surface area contributed by atoms with E-state index >= 15 is 0 Å². The summed E-state index contributed by atoms with van der Waals surface area (Å²) in [7, 11) is 0. The first-order valence-corrected chi connectivity index (χ1v) is 10.9. The number of amides is 1. The van der Waals surface area contributed by atoms with Crippen molar-refractivity contribution < 1.29 is 4.79 Å². The standard InChI is InChI=1S/C23H20N2OS2/c26-22(15-19-16-28-23(24-19)21-12-7-13-27-21)25-20(18-10-5-2-6-11-18)14-17-8-3-1-4-9-17/h1-13,16,20H,14-15H2,(H,25,26). The maximum Gasteiger partial charge on any atom is 0.226 e. The van der Waals surface area contributed by atoms with Crippen LogP contribution >= 0.6 is 22.7 Å². The average Bonchev–Trinajstić information content (AvgIpc) is 3.41. The lowest BCUT2D eigenvalue weighted by molar-refractivity contribution is -0.121. The van der Waals surface area contributed by atoms with E-state index in [0.29, 0.717) is 6.42 Å². The van der Waals surface area contributed by atoms with E-state index in [1.54, 1.807) is 22.7 Å². The van der Waals surface area contributed by atoms with Gasteiger partial charge in [0.15, 0.2) is 0 Å². The number of rotatable bonds is 7. The second-order valence-corrected chi connectivity index (χ2v) is 8.32. The summed E-state index contributed by atoms with van der Waals surface area (Å²) < 4.78 is 0. The number of carbonyl (C=O) groups excluding carboxylic acids is 1. The van der Waals surface area contributed by atoms with Gasteiger partial charge in [0.05, 0.1) is 23.0 Å². The van der Waals surface area contributed by atoms with Crippen molar-refractivity contribution in [2.75, 3.05) is 0 Å². The Bertz CT molecular complexity index is 1010. The first-order chi connectivity index (χ1) is 13.8. The molecule has 0 aliphatic carbocycles. The number of aromatic nitrogens is 1. The third kappa shape index (κ3) is 4.74. The van der Waals surface area contributed by atoms with E-state index in [1.165, 1.54) is 5.56 Å². The van der Waals surface area contributed by atoms with Gasteiger partial charge in [-0.05, 0) is 29.0 Å². The molecule has 0 bridgehead atoms. The maximum atomic E-state index is 12.7. The van der Waals surface area contributed by atoms with Crippen LogP contribution in [0.2, 0.25) is 0 Å². The van der Waals surface area contributed by atoms with Gasteiger partial charge < -0.3 is 5.32 Å². The molecule has 0 fully saturated rings. The van der Waals surface area contributed by atoms with Crippen LogP contribution in [-0.4, -0.2) is 10.9 Å². The monoisotopic (exact) mass is 404 g/mol. The summed E-state index contributed by atoms with van der Waals surface area (Å²) in [5, 5.41) is 8.19. The van der Waals surface area contributed by atoms with E-state index in [-0.39, 0.29) is 11.9 Å². The Balaban J connectivity index is 1.46. The Hall–Kier alpha value is -2.76. The Morgan fingerprint density at radius 3 is 2.39 bits per heavy atom. The van der Waals surface area contributed by atoms with Crippen LogP contribution in [0.15, 0.2) is 83.6 Å². The second-order valence-electron chi connectivity index (χ2n) is 6.52. The van der Waals surface area contributed by atoms with Crippen LogP contribution in [-0.2, 0) is 17.6 Å². The van der Waals surface area contributed by atoms with E-state index < -0.39 is 0 Å². The Labute approximate surface area is 172 Å². The Morgan fingerprint density at radius 2 is 1.68 bits per heavy atom.